The van der Waals surface area contributed by atoms with Crippen molar-refractivity contribution in [2.45, 2.75) is 31.1 Å². The summed E-state index contributed by atoms with van der Waals surface area (Å²) in [6, 6.07) is 14.9. The normalized spacial score (nSPS) is 11.4. The smallest absolute Gasteiger partial charge is 0.126 e. The van der Waals surface area contributed by atoms with Crippen LogP contribution in [0.4, 0.5) is 0 Å². The maximum Gasteiger partial charge on any atom is 0.126 e. The maximum absolute atomic E-state index is 5.48. The molecule has 0 aliphatic carbocycles. The average molecular weight is 286 g/mol. The molecule has 106 valence electrons. The minimum atomic E-state index is 0.135. The predicted octanol–water partition coefficient (Wildman–Crippen LogP) is 5.38. The molecule has 0 saturated heterocycles. The Hall–Kier alpha value is -1.41. The summed E-state index contributed by atoms with van der Waals surface area (Å²) >= 11 is 1.80. The van der Waals surface area contributed by atoms with Gasteiger partial charge in [-0.05, 0) is 41.0 Å². The number of benzene rings is 2. The number of hydrogen-bond acceptors (Lipinski definition) is 2. The maximum atomic E-state index is 5.48. The third-order valence-corrected chi connectivity index (χ3v) is 4.22. The van der Waals surface area contributed by atoms with Crippen LogP contribution in [0.3, 0.4) is 0 Å². The summed E-state index contributed by atoms with van der Waals surface area (Å²) in [7, 11) is 1.72. The van der Waals surface area contributed by atoms with Crippen molar-refractivity contribution in [3.8, 4) is 16.9 Å². The average Bonchev–Trinajstić information content (AvgIpc) is 2.45. The molecule has 2 heteroatoms. The zero-order chi connectivity index (χ0) is 14.8. The van der Waals surface area contributed by atoms with Gasteiger partial charge in [0.2, 0.25) is 0 Å². The third-order valence-electron chi connectivity index (χ3n) is 3.43. The van der Waals surface area contributed by atoms with Gasteiger partial charge in [-0.1, -0.05) is 45.0 Å². The molecule has 2 rings (SSSR count). The van der Waals surface area contributed by atoms with E-state index in [1.165, 1.54) is 16.0 Å². The molecule has 20 heavy (non-hydrogen) atoms. The molecule has 0 amide bonds. The van der Waals surface area contributed by atoms with E-state index in [-0.39, 0.29) is 5.41 Å². The van der Waals surface area contributed by atoms with E-state index in [2.05, 4.69) is 57.4 Å². The first-order chi connectivity index (χ1) is 9.47. The van der Waals surface area contributed by atoms with Gasteiger partial charge in [-0.3, -0.25) is 0 Å². The Kier molecular flexibility index (Phi) is 4.44. The molecule has 0 N–H and O–H groups in total. The fourth-order valence-corrected chi connectivity index (χ4v) is 3.13. The Balaban J connectivity index is 2.59. The highest BCUT2D eigenvalue weighted by Crippen LogP contribution is 2.37. The van der Waals surface area contributed by atoms with Gasteiger partial charge in [-0.15, -0.1) is 11.8 Å². The second-order valence-electron chi connectivity index (χ2n) is 5.87. The second kappa shape index (κ2) is 5.92. The van der Waals surface area contributed by atoms with E-state index in [1.54, 1.807) is 18.9 Å². The van der Waals surface area contributed by atoms with Crippen molar-refractivity contribution in [1.29, 1.82) is 0 Å². The molecule has 0 spiro atoms. The van der Waals surface area contributed by atoms with Crippen LogP contribution in [0.5, 0.6) is 5.75 Å². The van der Waals surface area contributed by atoms with Crippen molar-refractivity contribution in [1.82, 2.24) is 0 Å². The van der Waals surface area contributed by atoms with Gasteiger partial charge in [-0.25, -0.2) is 0 Å². The van der Waals surface area contributed by atoms with Crippen molar-refractivity contribution in [3.05, 3.63) is 48.0 Å². The number of rotatable bonds is 3. The van der Waals surface area contributed by atoms with E-state index in [9.17, 15) is 0 Å². The number of ether oxygens (including phenoxy) is 1. The van der Waals surface area contributed by atoms with Crippen molar-refractivity contribution in [2.24, 2.45) is 0 Å². The van der Waals surface area contributed by atoms with Crippen LogP contribution in [0.1, 0.15) is 26.3 Å². The lowest BCUT2D eigenvalue weighted by atomic mass is 9.85. The molecule has 0 radical (unpaired) electrons. The Morgan fingerprint density at radius 1 is 1.00 bits per heavy atom. The van der Waals surface area contributed by atoms with Gasteiger partial charge in [-0.2, -0.15) is 0 Å². The van der Waals surface area contributed by atoms with E-state index >= 15 is 0 Å². The highest BCUT2D eigenvalue weighted by molar-refractivity contribution is 7.98. The van der Waals surface area contributed by atoms with E-state index in [0.29, 0.717) is 0 Å². The minimum Gasteiger partial charge on any atom is -0.496 e. The third kappa shape index (κ3) is 3.01. The lowest BCUT2D eigenvalue weighted by Gasteiger charge is -2.23. The monoisotopic (exact) mass is 286 g/mol. The van der Waals surface area contributed by atoms with E-state index in [4.69, 9.17) is 4.74 Å². The van der Waals surface area contributed by atoms with Crippen LogP contribution in [-0.2, 0) is 5.41 Å². The van der Waals surface area contributed by atoms with Gasteiger partial charge >= 0.3 is 0 Å². The second-order valence-corrected chi connectivity index (χ2v) is 6.71. The van der Waals surface area contributed by atoms with Gasteiger partial charge < -0.3 is 4.74 Å². The van der Waals surface area contributed by atoms with Crippen LogP contribution < -0.4 is 4.74 Å². The van der Waals surface area contributed by atoms with Crippen LogP contribution in [0.25, 0.3) is 11.1 Å². The molecule has 0 bridgehead atoms. The molecule has 0 heterocycles. The van der Waals surface area contributed by atoms with Crippen LogP contribution in [-0.4, -0.2) is 13.4 Å². The van der Waals surface area contributed by atoms with E-state index in [0.717, 1.165) is 11.3 Å². The summed E-state index contributed by atoms with van der Waals surface area (Å²) in [5, 5.41) is 0. The standard InChI is InChI=1S/C18H22OS/c1-18(2,3)15-12-13(10-11-17(15)20-5)14-8-6-7-9-16(14)19-4/h6-12H,1-5H3. The minimum absolute atomic E-state index is 0.135. The molecule has 0 unspecified atom stereocenters. The summed E-state index contributed by atoms with van der Waals surface area (Å²) in [5.41, 5.74) is 3.88. The van der Waals surface area contributed by atoms with Gasteiger partial charge in [0, 0.05) is 10.5 Å². The first-order valence-electron chi connectivity index (χ1n) is 6.79. The summed E-state index contributed by atoms with van der Waals surface area (Å²) in [4.78, 5) is 1.34. The van der Waals surface area contributed by atoms with Crippen LogP contribution >= 0.6 is 11.8 Å². The van der Waals surface area contributed by atoms with E-state index < -0.39 is 0 Å². The molecule has 2 aromatic carbocycles. The quantitative estimate of drug-likeness (QED) is 0.700. The zero-order valence-electron chi connectivity index (χ0n) is 12.9. The first-order valence-corrected chi connectivity index (χ1v) is 8.01. The molecular weight excluding hydrogens is 264 g/mol. The molecule has 0 saturated carbocycles. The predicted molar refractivity (Wildman–Crippen MR) is 88.9 cm³/mol. The molecule has 0 fully saturated rings. The molecule has 0 atom stereocenters. The van der Waals surface area contributed by atoms with Gasteiger partial charge in [0.25, 0.3) is 0 Å². The van der Waals surface area contributed by atoms with Crippen LogP contribution in [0.2, 0.25) is 0 Å². The van der Waals surface area contributed by atoms with Gasteiger partial charge in [0.1, 0.15) is 5.75 Å². The Labute approximate surface area is 126 Å². The Morgan fingerprint density at radius 2 is 1.70 bits per heavy atom. The lowest BCUT2D eigenvalue weighted by molar-refractivity contribution is 0.416. The fraction of sp³-hybridized carbons (Fsp3) is 0.333. The van der Waals surface area contributed by atoms with Gasteiger partial charge in [0.15, 0.2) is 0 Å². The van der Waals surface area contributed by atoms with Crippen molar-refractivity contribution in [2.75, 3.05) is 13.4 Å². The highest BCUT2D eigenvalue weighted by atomic mass is 32.2. The van der Waals surface area contributed by atoms with Gasteiger partial charge in [0.05, 0.1) is 7.11 Å². The van der Waals surface area contributed by atoms with Crippen LogP contribution in [0, 0.1) is 0 Å². The number of para-hydroxylation sites is 1. The van der Waals surface area contributed by atoms with Crippen molar-refractivity contribution >= 4 is 11.8 Å². The topological polar surface area (TPSA) is 9.23 Å². The molecule has 1 nitrogen and oxygen atoms in total. The lowest BCUT2D eigenvalue weighted by Crippen LogP contribution is -2.12. The van der Waals surface area contributed by atoms with E-state index in [1.807, 2.05) is 12.1 Å². The number of thioether (sulfide) groups is 1. The Bertz CT molecular complexity index is 597. The van der Waals surface area contributed by atoms with Crippen molar-refractivity contribution in [3.63, 3.8) is 0 Å². The number of hydrogen-bond donors (Lipinski definition) is 0. The summed E-state index contributed by atoms with van der Waals surface area (Å²) < 4.78 is 5.48. The highest BCUT2D eigenvalue weighted by Gasteiger charge is 2.19. The Morgan fingerprint density at radius 3 is 2.30 bits per heavy atom. The zero-order valence-corrected chi connectivity index (χ0v) is 13.7. The largest absolute Gasteiger partial charge is 0.496 e. The number of methoxy groups -OCH3 is 1. The first kappa shape index (κ1) is 15.0. The summed E-state index contributed by atoms with van der Waals surface area (Å²) in [5.74, 6) is 0.921. The van der Waals surface area contributed by atoms with Crippen LogP contribution in [0.15, 0.2) is 47.4 Å². The molecule has 2 aromatic rings. The fourth-order valence-electron chi connectivity index (χ4n) is 2.34. The summed E-state index contributed by atoms with van der Waals surface area (Å²) in [6.45, 7) is 6.77. The summed E-state index contributed by atoms with van der Waals surface area (Å²) in [6.07, 6.45) is 2.13. The molecule has 0 aliphatic rings. The SMILES string of the molecule is COc1ccccc1-c1ccc(SC)c(C(C)(C)C)c1. The molecular formula is C18H22OS. The molecule has 0 aromatic heterocycles. The van der Waals surface area contributed by atoms with Crippen molar-refractivity contribution < 1.29 is 4.74 Å². The molecule has 0 aliphatic heterocycles.